The van der Waals surface area contributed by atoms with Crippen molar-refractivity contribution >= 4 is 34.3 Å². The number of hydrogen-bond acceptors (Lipinski definition) is 5. The van der Waals surface area contributed by atoms with Gasteiger partial charge >= 0.3 is 0 Å². The third kappa shape index (κ3) is 6.07. The summed E-state index contributed by atoms with van der Waals surface area (Å²) in [4.78, 5) is 35.6. The number of carbonyl (C=O) groups is 2. The number of pyridine rings is 2. The predicted molar refractivity (Wildman–Crippen MR) is 175 cm³/mol. The zero-order chi connectivity index (χ0) is 31.6. The number of nitrogens with zero attached hydrogens (tertiary/aromatic N) is 5. The number of amides is 2. The molecule has 0 spiro atoms. The van der Waals surface area contributed by atoms with Gasteiger partial charge in [-0.1, -0.05) is 41.9 Å². The van der Waals surface area contributed by atoms with E-state index >= 15 is 0 Å². The van der Waals surface area contributed by atoms with Gasteiger partial charge in [0.15, 0.2) is 11.9 Å². The lowest BCUT2D eigenvalue weighted by Crippen LogP contribution is -2.44. The Morgan fingerprint density at radius 1 is 1.02 bits per heavy atom. The van der Waals surface area contributed by atoms with E-state index in [-0.39, 0.29) is 24.2 Å². The number of rotatable bonds is 6. The molecule has 1 N–H and O–H groups in total. The van der Waals surface area contributed by atoms with Gasteiger partial charge in [-0.25, -0.2) is 0 Å². The van der Waals surface area contributed by atoms with Crippen LogP contribution in [0.2, 0.25) is 5.02 Å². The lowest BCUT2D eigenvalue weighted by Gasteiger charge is -2.34. The van der Waals surface area contributed by atoms with Crippen LogP contribution in [0.3, 0.4) is 0 Å². The molecular weight excluding hydrogens is 600 g/mol. The molecule has 10 heteroatoms. The Balaban J connectivity index is 1.05. The minimum atomic E-state index is -0.451. The van der Waals surface area contributed by atoms with Crippen molar-refractivity contribution in [3.63, 3.8) is 0 Å². The van der Waals surface area contributed by atoms with E-state index in [0.29, 0.717) is 56.9 Å². The molecule has 7 rings (SSSR count). The highest BCUT2D eigenvalue weighted by atomic mass is 35.5. The molecule has 0 bridgehead atoms. The molecule has 234 valence electrons. The average molecular weight is 635 g/mol. The molecule has 0 unspecified atom stereocenters. The number of nitrogens with one attached hydrogen (secondary N) is 1. The van der Waals surface area contributed by atoms with E-state index in [2.05, 4.69) is 15.2 Å². The van der Waals surface area contributed by atoms with E-state index in [0.717, 1.165) is 49.1 Å². The van der Waals surface area contributed by atoms with Crippen molar-refractivity contribution in [2.45, 2.75) is 51.1 Å². The van der Waals surface area contributed by atoms with Gasteiger partial charge in [-0.05, 0) is 72.2 Å². The number of aromatic amines is 1. The third-order valence-electron chi connectivity index (χ3n) is 9.53. The summed E-state index contributed by atoms with van der Waals surface area (Å²) < 4.78 is 0.983. The highest BCUT2D eigenvalue weighted by Gasteiger charge is 2.34. The largest absolute Gasteiger partial charge is 0.618 e. The fourth-order valence-electron chi connectivity index (χ4n) is 6.98. The summed E-state index contributed by atoms with van der Waals surface area (Å²) in [6, 6.07) is 19.6. The van der Waals surface area contributed by atoms with Crippen LogP contribution >= 0.6 is 11.6 Å². The molecule has 2 aliphatic rings. The second kappa shape index (κ2) is 12.9. The van der Waals surface area contributed by atoms with Gasteiger partial charge < -0.3 is 15.0 Å². The van der Waals surface area contributed by atoms with Crippen molar-refractivity contribution < 1.29 is 14.3 Å². The van der Waals surface area contributed by atoms with E-state index in [1.165, 1.54) is 0 Å². The van der Waals surface area contributed by atoms with Crippen LogP contribution in [0.4, 0.5) is 0 Å². The fourth-order valence-corrected chi connectivity index (χ4v) is 7.25. The maximum atomic E-state index is 14.1. The van der Waals surface area contributed by atoms with Crippen molar-refractivity contribution in [2.24, 2.45) is 5.92 Å². The fraction of sp³-hybridized carbons (Fsp3) is 0.306. The van der Waals surface area contributed by atoms with Crippen LogP contribution in [-0.2, 0) is 29.1 Å². The number of aromatic nitrogens is 4. The van der Waals surface area contributed by atoms with Gasteiger partial charge in [-0.2, -0.15) is 9.83 Å². The smallest absolute Gasteiger partial charge is 0.226 e. The molecule has 5 aromatic rings. The van der Waals surface area contributed by atoms with Crippen molar-refractivity contribution in [2.75, 3.05) is 13.1 Å². The molecule has 2 amide bonds. The van der Waals surface area contributed by atoms with Gasteiger partial charge in [0.2, 0.25) is 11.8 Å². The summed E-state index contributed by atoms with van der Waals surface area (Å²) in [7, 11) is 0. The van der Waals surface area contributed by atoms with E-state index in [4.69, 9.17) is 11.6 Å². The van der Waals surface area contributed by atoms with Crippen LogP contribution in [0.1, 0.15) is 54.0 Å². The van der Waals surface area contributed by atoms with Crippen molar-refractivity contribution in [3.8, 4) is 11.1 Å². The van der Waals surface area contributed by atoms with Gasteiger partial charge in [0.25, 0.3) is 0 Å². The maximum absolute atomic E-state index is 14.1. The number of piperidine rings is 1. The first-order valence-electron chi connectivity index (χ1n) is 15.8. The molecule has 0 saturated carbocycles. The van der Waals surface area contributed by atoms with Crippen molar-refractivity contribution in [1.29, 1.82) is 0 Å². The Labute approximate surface area is 272 Å². The summed E-state index contributed by atoms with van der Waals surface area (Å²) in [6.07, 6.45) is 9.62. The van der Waals surface area contributed by atoms with Crippen LogP contribution in [0.5, 0.6) is 0 Å². The molecule has 1 fully saturated rings. The van der Waals surface area contributed by atoms with Gasteiger partial charge in [0, 0.05) is 73.8 Å². The molecule has 5 heterocycles. The summed E-state index contributed by atoms with van der Waals surface area (Å²) >= 11 is 6.61. The molecule has 2 aromatic carbocycles. The van der Waals surface area contributed by atoms with Gasteiger partial charge in [0.1, 0.15) is 0 Å². The molecule has 0 aliphatic carbocycles. The zero-order valence-corrected chi connectivity index (χ0v) is 26.2. The average Bonchev–Trinajstić information content (AvgIpc) is 3.59. The summed E-state index contributed by atoms with van der Waals surface area (Å²) in [5.74, 6) is -0.415. The van der Waals surface area contributed by atoms with Crippen molar-refractivity contribution in [1.82, 2.24) is 25.0 Å². The van der Waals surface area contributed by atoms with E-state index in [1.54, 1.807) is 24.8 Å². The van der Waals surface area contributed by atoms with E-state index in [1.807, 2.05) is 70.5 Å². The standard InChI is InChI=1S/C36H35ClN6O3/c37-32-18-27-6-7-28(36(45)42(21-24-10-14-38-15-11-24)23-31(27)30-20-39-40-35(30)32)19-34(44)41-16-12-26(13-17-41)33-9-8-29(22-43(33)46)25-4-2-1-3-5-25/h1-5,8-11,14-15,18,20,22,26,28H,6-7,12-13,16-17,19,21,23H2,(H,39,40)/t28-/m0/s1. The first-order chi connectivity index (χ1) is 22.4. The van der Waals surface area contributed by atoms with E-state index < -0.39 is 5.92 Å². The van der Waals surface area contributed by atoms with Crippen LogP contribution in [-0.4, -0.2) is 49.9 Å². The second-order valence-electron chi connectivity index (χ2n) is 12.3. The number of likely N-dealkylation sites (tertiary alicyclic amines) is 1. The number of fused-ring (bicyclic) bond motifs is 3. The summed E-state index contributed by atoms with van der Waals surface area (Å²) in [6.45, 7) is 1.93. The Kier molecular flexibility index (Phi) is 8.41. The monoisotopic (exact) mass is 634 g/mol. The molecule has 2 aliphatic heterocycles. The predicted octanol–water partition coefficient (Wildman–Crippen LogP) is 5.80. The number of halogens is 1. The van der Waals surface area contributed by atoms with Gasteiger partial charge in [0.05, 0.1) is 16.7 Å². The van der Waals surface area contributed by atoms with Crippen LogP contribution in [0.25, 0.3) is 22.0 Å². The van der Waals surface area contributed by atoms with Crippen molar-refractivity contribution in [3.05, 3.63) is 118 Å². The van der Waals surface area contributed by atoms with Crippen LogP contribution in [0.15, 0.2) is 85.5 Å². The Bertz CT molecular complexity index is 1870. The minimum Gasteiger partial charge on any atom is -0.618 e. The summed E-state index contributed by atoms with van der Waals surface area (Å²) in [5.41, 5.74) is 6.47. The topological polar surface area (TPSA) is 109 Å². The lowest BCUT2D eigenvalue weighted by molar-refractivity contribution is -0.615. The Morgan fingerprint density at radius 2 is 1.80 bits per heavy atom. The molecule has 46 heavy (non-hydrogen) atoms. The highest BCUT2D eigenvalue weighted by molar-refractivity contribution is 6.35. The molecule has 1 atom stereocenters. The zero-order valence-electron chi connectivity index (χ0n) is 25.4. The van der Waals surface area contributed by atoms with Gasteiger partial charge in [-0.3, -0.25) is 19.7 Å². The minimum absolute atomic E-state index is 0.0146. The maximum Gasteiger partial charge on any atom is 0.226 e. The van der Waals surface area contributed by atoms with Crippen LogP contribution in [0, 0.1) is 11.1 Å². The lowest BCUT2D eigenvalue weighted by atomic mass is 9.88. The van der Waals surface area contributed by atoms with Crippen LogP contribution < -0.4 is 4.73 Å². The van der Waals surface area contributed by atoms with Gasteiger partial charge in [-0.15, -0.1) is 0 Å². The Hall–Kier alpha value is -4.76. The number of H-pyrrole nitrogens is 1. The van der Waals surface area contributed by atoms with E-state index in [9.17, 15) is 14.8 Å². The number of hydrogen-bond donors (Lipinski definition) is 1. The number of aryl methyl sites for hydroxylation is 1. The molecular formula is C36H35ClN6O3. The summed E-state index contributed by atoms with van der Waals surface area (Å²) in [5, 5.41) is 21.7. The normalized spacial score (nSPS) is 17.5. The first-order valence-corrected chi connectivity index (χ1v) is 16.2. The Morgan fingerprint density at radius 3 is 2.57 bits per heavy atom. The number of carbonyl (C=O) groups excluding carboxylic acids is 2. The molecule has 3 aromatic heterocycles. The quantitative estimate of drug-likeness (QED) is 0.188. The third-order valence-corrected chi connectivity index (χ3v) is 9.82. The first kappa shape index (κ1) is 29.9. The number of benzene rings is 2. The second-order valence-corrected chi connectivity index (χ2v) is 12.7. The molecule has 0 radical (unpaired) electrons. The highest BCUT2D eigenvalue weighted by Crippen LogP contribution is 2.34. The molecule has 9 nitrogen and oxygen atoms in total. The molecule has 1 saturated heterocycles. The SMILES string of the molecule is O=C(C[C@@H]1CCc2cc(Cl)c3[nH]ncc3c2CN(Cc2ccncc2)C1=O)N1CCC(c2ccc(-c3ccccc3)c[n+]2[O-])CC1.